The molecule has 0 aliphatic heterocycles. The van der Waals surface area contributed by atoms with Gasteiger partial charge in [-0.25, -0.2) is 4.68 Å². The normalized spacial score (nSPS) is 13.6. The van der Waals surface area contributed by atoms with Gasteiger partial charge in [-0.2, -0.15) is 0 Å². The van der Waals surface area contributed by atoms with E-state index in [0.717, 1.165) is 18.7 Å². The molecule has 1 heterocycles. The van der Waals surface area contributed by atoms with E-state index in [1.54, 1.807) is 4.68 Å². The molecule has 74 valence electrons. The van der Waals surface area contributed by atoms with Gasteiger partial charge in [-0.05, 0) is 22.8 Å². The average Bonchev–Trinajstić information content (AvgIpc) is 2.34. The summed E-state index contributed by atoms with van der Waals surface area (Å²) in [5.74, 6) is 1.63. The van der Waals surface area contributed by atoms with Crippen molar-refractivity contribution in [1.82, 2.24) is 20.2 Å². The molecule has 0 spiro atoms. The van der Waals surface area contributed by atoms with Crippen LogP contribution >= 0.6 is 15.9 Å². The van der Waals surface area contributed by atoms with Crippen LogP contribution in [-0.2, 0) is 13.5 Å². The fraction of sp³-hybridized carbons (Fsp3) is 0.875. The molecule has 0 aromatic carbocycles. The summed E-state index contributed by atoms with van der Waals surface area (Å²) in [5, 5.41) is 11.3. The first-order valence-electron chi connectivity index (χ1n) is 4.45. The summed E-state index contributed by atoms with van der Waals surface area (Å²) in [6.07, 6.45) is 2.04. The second-order valence-electron chi connectivity index (χ2n) is 3.65. The van der Waals surface area contributed by atoms with Crippen LogP contribution < -0.4 is 0 Å². The summed E-state index contributed by atoms with van der Waals surface area (Å²) in [5.41, 5.74) is 0. The summed E-state index contributed by atoms with van der Waals surface area (Å²) in [6.45, 7) is 4.42. The zero-order valence-electron chi connectivity index (χ0n) is 8.24. The number of halogens is 1. The van der Waals surface area contributed by atoms with Crippen LogP contribution in [0.25, 0.3) is 0 Å². The molecule has 0 radical (unpaired) electrons. The minimum Gasteiger partial charge on any atom is -0.233 e. The largest absolute Gasteiger partial charge is 0.233 e. The molecule has 4 nitrogen and oxygen atoms in total. The van der Waals surface area contributed by atoms with E-state index in [-0.39, 0.29) is 0 Å². The highest BCUT2D eigenvalue weighted by molar-refractivity contribution is 9.09. The second-order valence-corrected chi connectivity index (χ2v) is 4.94. The van der Waals surface area contributed by atoms with Gasteiger partial charge >= 0.3 is 0 Å². The van der Waals surface area contributed by atoms with Gasteiger partial charge in [-0.3, -0.25) is 0 Å². The monoisotopic (exact) mass is 246 g/mol. The third-order valence-corrected chi connectivity index (χ3v) is 2.54. The van der Waals surface area contributed by atoms with Crippen molar-refractivity contribution < 1.29 is 0 Å². The van der Waals surface area contributed by atoms with E-state index in [2.05, 4.69) is 45.3 Å². The van der Waals surface area contributed by atoms with Crippen molar-refractivity contribution in [2.24, 2.45) is 13.0 Å². The molecule has 0 amide bonds. The lowest BCUT2D eigenvalue weighted by Gasteiger charge is -2.10. The number of hydrogen-bond donors (Lipinski definition) is 0. The first-order chi connectivity index (χ1) is 6.09. The number of nitrogens with zero attached hydrogens (tertiary/aromatic N) is 4. The summed E-state index contributed by atoms with van der Waals surface area (Å²) < 4.78 is 1.72. The predicted molar refractivity (Wildman–Crippen MR) is 54.7 cm³/mol. The lowest BCUT2D eigenvalue weighted by atomic mass is 10.1. The van der Waals surface area contributed by atoms with Crippen LogP contribution in [-0.4, -0.2) is 25.0 Å². The van der Waals surface area contributed by atoms with Crippen LogP contribution in [0.15, 0.2) is 0 Å². The highest BCUT2D eigenvalue weighted by Gasteiger charge is 2.11. The van der Waals surface area contributed by atoms with Crippen molar-refractivity contribution in [1.29, 1.82) is 0 Å². The summed E-state index contributed by atoms with van der Waals surface area (Å²) in [7, 11) is 1.87. The SMILES string of the molecule is CC(C)CC(Br)Cc1nnnn1C. The van der Waals surface area contributed by atoms with Crippen LogP contribution in [0, 0.1) is 5.92 Å². The van der Waals surface area contributed by atoms with Crippen LogP contribution in [0.2, 0.25) is 0 Å². The van der Waals surface area contributed by atoms with Crippen molar-refractivity contribution in [3.8, 4) is 0 Å². The van der Waals surface area contributed by atoms with E-state index in [4.69, 9.17) is 0 Å². The molecule has 1 rings (SSSR count). The third kappa shape index (κ3) is 3.42. The Morgan fingerprint density at radius 2 is 2.15 bits per heavy atom. The Balaban J connectivity index is 2.45. The molecule has 13 heavy (non-hydrogen) atoms. The molecule has 0 fully saturated rings. The quantitative estimate of drug-likeness (QED) is 0.758. The number of alkyl halides is 1. The Kier molecular flexibility index (Phi) is 3.84. The van der Waals surface area contributed by atoms with Gasteiger partial charge in [0.25, 0.3) is 0 Å². The number of aryl methyl sites for hydroxylation is 1. The first-order valence-corrected chi connectivity index (χ1v) is 5.36. The standard InChI is InChI=1S/C8H15BrN4/c1-6(2)4-7(9)5-8-10-11-12-13(8)3/h6-7H,4-5H2,1-3H3. The van der Waals surface area contributed by atoms with E-state index in [1.165, 1.54) is 0 Å². The smallest absolute Gasteiger partial charge is 0.152 e. The van der Waals surface area contributed by atoms with E-state index < -0.39 is 0 Å². The fourth-order valence-corrected chi connectivity index (χ4v) is 2.25. The zero-order valence-corrected chi connectivity index (χ0v) is 9.82. The van der Waals surface area contributed by atoms with E-state index in [9.17, 15) is 0 Å². The maximum Gasteiger partial charge on any atom is 0.152 e. The summed E-state index contributed by atoms with van der Waals surface area (Å²) >= 11 is 3.63. The molecule has 0 aliphatic rings. The molecule has 1 aromatic heterocycles. The molecule has 0 saturated carbocycles. The van der Waals surface area contributed by atoms with Crippen LogP contribution in [0.4, 0.5) is 0 Å². The highest BCUT2D eigenvalue weighted by Crippen LogP contribution is 2.15. The van der Waals surface area contributed by atoms with Gasteiger partial charge < -0.3 is 0 Å². The molecular weight excluding hydrogens is 232 g/mol. The van der Waals surface area contributed by atoms with Gasteiger partial charge in [-0.1, -0.05) is 29.8 Å². The summed E-state index contributed by atoms with van der Waals surface area (Å²) in [6, 6.07) is 0. The molecular formula is C8H15BrN4. The Bertz CT molecular complexity index is 258. The fourth-order valence-electron chi connectivity index (χ4n) is 1.21. The maximum atomic E-state index is 3.93. The second kappa shape index (κ2) is 4.69. The van der Waals surface area contributed by atoms with Crippen LogP contribution in [0.3, 0.4) is 0 Å². The highest BCUT2D eigenvalue weighted by atomic mass is 79.9. The number of hydrogen-bond acceptors (Lipinski definition) is 3. The minimum absolute atomic E-state index is 0.470. The van der Waals surface area contributed by atoms with Gasteiger partial charge in [0, 0.05) is 18.3 Å². The van der Waals surface area contributed by atoms with Gasteiger partial charge in [0.05, 0.1) is 0 Å². The van der Waals surface area contributed by atoms with E-state index >= 15 is 0 Å². The van der Waals surface area contributed by atoms with Crippen LogP contribution in [0.1, 0.15) is 26.1 Å². The Morgan fingerprint density at radius 1 is 1.46 bits per heavy atom. The van der Waals surface area contributed by atoms with Gasteiger partial charge in [0.15, 0.2) is 5.82 Å². The molecule has 1 aromatic rings. The van der Waals surface area contributed by atoms with Crippen molar-refractivity contribution in [2.75, 3.05) is 0 Å². The van der Waals surface area contributed by atoms with Crippen molar-refractivity contribution in [3.63, 3.8) is 0 Å². The van der Waals surface area contributed by atoms with Gasteiger partial charge in [0.1, 0.15) is 0 Å². The molecule has 5 heteroatoms. The molecule has 0 bridgehead atoms. The molecule has 1 unspecified atom stereocenters. The van der Waals surface area contributed by atoms with Crippen molar-refractivity contribution >= 4 is 15.9 Å². The average molecular weight is 247 g/mol. The Labute approximate surface area is 86.8 Å². The zero-order chi connectivity index (χ0) is 9.84. The lowest BCUT2D eigenvalue weighted by Crippen LogP contribution is -2.10. The third-order valence-electron chi connectivity index (χ3n) is 1.84. The number of aromatic nitrogens is 4. The number of rotatable bonds is 4. The Hall–Kier alpha value is -0.450. The topological polar surface area (TPSA) is 43.6 Å². The molecule has 0 N–H and O–H groups in total. The molecule has 1 atom stereocenters. The Morgan fingerprint density at radius 3 is 2.62 bits per heavy atom. The maximum absolute atomic E-state index is 3.93. The lowest BCUT2D eigenvalue weighted by molar-refractivity contribution is 0.556. The number of tetrazole rings is 1. The van der Waals surface area contributed by atoms with E-state index in [1.807, 2.05) is 7.05 Å². The molecule has 0 aliphatic carbocycles. The van der Waals surface area contributed by atoms with Crippen molar-refractivity contribution in [3.05, 3.63) is 5.82 Å². The summed E-state index contributed by atoms with van der Waals surface area (Å²) in [4.78, 5) is 0.470. The van der Waals surface area contributed by atoms with Crippen molar-refractivity contribution in [2.45, 2.75) is 31.5 Å². The van der Waals surface area contributed by atoms with Gasteiger partial charge in [-0.15, -0.1) is 5.10 Å². The molecule has 0 saturated heterocycles. The first kappa shape index (κ1) is 10.6. The predicted octanol–water partition coefficient (Wildman–Crippen LogP) is 1.56. The van der Waals surface area contributed by atoms with Gasteiger partial charge in [0.2, 0.25) is 0 Å². The minimum atomic E-state index is 0.470. The van der Waals surface area contributed by atoms with E-state index in [0.29, 0.717) is 10.7 Å². The van der Waals surface area contributed by atoms with Crippen LogP contribution in [0.5, 0.6) is 0 Å².